The van der Waals surface area contributed by atoms with E-state index in [1.807, 2.05) is 12.1 Å². The van der Waals surface area contributed by atoms with Crippen LogP contribution in [0.15, 0.2) is 121 Å². The van der Waals surface area contributed by atoms with Gasteiger partial charge in [-0.15, -0.1) is 0 Å². The van der Waals surface area contributed by atoms with E-state index in [-0.39, 0.29) is 0 Å². The summed E-state index contributed by atoms with van der Waals surface area (Å²) < 4.78 is 8.13. The molecule has 1 heterocycles. The van der Waals surface area contributed by atoms with Crippen LogP contribution in [0.4, 0.5) is 0 Å². The summed E-state index contributed by atoms with van der Waals surface area (Å²) in [5.74, 6) is 0.856. The zero-order chi connectivity index (χ0) is 21.0. The molecule has 4 aromatic carbocycles. The first kappa shape index (κ1) is 19.0. The first-order valence-corrected chi connectivity index (χ1v) is 10.4. The first-order valence-electron chi connectivity index (χ1n) is 10.4. The van der Waals surface area contributed by atoms with Crippen molar-refractivity contribution >= 4 is 0 Å². The summed E-state index contributed by atoms with van der Waals surface area (Å²) in [6, 6.07) is 42.2. The zero-order valence-corrected chi connectivity index (χ0v) is 17.4. The maximum absolute atomic E-state index is 5.78. The van der Waals surface area contributed by atoms with Crippen LogP contribution in [0.3, 0.4) is 0 Å². The molecule has 5 aromatic rings. The number of hydrogen-bond acceptors (Lipinski definition) is 1. The van der Waals surface area contributed by atoms with Gasteiger partial charge in [0.05, 0.1) is 18.5 Å². The Morgan fingerprint density at radius 1 is 0.548 bits per heavy atom. The molecule has 0 bridgehead atoms. The average Bonchev–Trinajstić information content (AvgIpc) is 3.26. The van der Waals surface area contributed by atoms with Gasteiger partial charge in [0.2, 0.25) is 0 Å². The lowest BCUT2D eigenvalue weighted by molar-refractivity contribution is 0.416. The predicted octanol–water partition coefficient (Wildman–Crippen LogP) is 7.49. The molecule has 2 nitrogen and oxygen atoms in total. The predicted molar refractivity (Wildman–Crippen MR) is 129 cm³/mol. The van der Waals surface area contributed by atoms with Crippen LogP contribution >= 0.6 is 0 Å². The summed E-state index contributed by atoms with van der Waals surface area (Å²) in [6.45, 7) is 0. The van der Waals surface area contributed by atoms with Crippen molar-refractivity contribution in [2.75, 3.05) is 7.11 Å². The number of aromatic nitrogens is 1. The van der Waals surface area contributed by atoms with Crippen LogP contribution in [0.5, 0.6) is 5.75 Å². The van der Waals surface area contributed by atoms with Crippen molar-refractivity contribution in [1.29, 1.82) is 0 Å². The highest BCUT2D eigenvalue weighted by atomic mass is 16.5. The Bertz CT molecular complexity index is 1290. The zero-order valence-electron chi connectivity index (χ0n) is 17.4. The summed E-state index contributed by atoms with van der Waals surface area (Å²) >= 11 is 0. The molecule has 0 saturated heterocycles. The van der Waals surface area contributed by atoms with Crippen molar-refractivity contribution in [2.24, 2.45) is 0 Å². The highest BCUT2D eigenvalue weighted by Gasteiger charge is 2.22. The fourth-order valence-electron chi connectivity index (χ4n) is 4.12. The van der Waals surface area contributed by atoms with Crippen molar-refractivity contribution < 1.29 is 4.74 Å². The Balaban J connectivity index is 1.91. The Kier molecular flexibility index (Phi) is 5.12. The minimum Gasteiger partial charge on any atom is -0.496 e. The SMILES string of the molecule is COc1ccccc1-c1c(-c2ccccc2)cc(-c2ccccc2)n1-c1ccccc1. The second-order valence-electron chi connectivity index (χ2n) is 7.40. The van der Waals surface area contributed by atoms with E-state index in [0.717, 1.165) is 28.4 Å². The standard InChI is InChI=1S/C29H23NO/c1-31-28-20-12-11-19-25(28)29-26(22-13-5-2-6-14-22)21-27(23-15-7-3-8-16-23)30(29)24-17-9-4-10-18-24/h2-21H,1H3. The number of ether oxygens (including phenoxy) is 1. The van der Waals surface area contributed by atoms with Crippen molar-refractivity contribution in [3.63, 3.8) is 0 Å². The summed E-state index contributed by atoms with van der Waals surface area (Å²) in [5.41, 5.74) is 7.97. The second kappa shape index (κ2) is 8.37. The van der Waals surface area contributed by atoms with E-state index in [1.165, 1.54) is 16.7 Å². The van der Waals surface area contributed by atoms with E-state index >= 15 is 0 Å². The third-order valence-corrected chi connectivity index (χ3v) is 5.53. The summed E-state index contributed by atoms with van der Waals surface area (Å²) in [5, 5.41) is 0. The van der Waals surface area contributed by atoms with Gasteiger partial charge in [0.1, 0.15) is 5.75 Å². The van der Waals surface area contributed by atoms with Gasteiger partial charge in [-0.05, 0) is 41.5 Å². The molecule has 0 saturated carbocycles. The van der Waals surface area contributed by atoms with E-state index in [0.29, 0.717) is 0 Å². The molecule has 0 fully saturated rings. The normalized spacial score (nSPS) is 10.7. The number of benzene rings is 4. The van der Waals surface area contributed by atoms with Crippen LogP contribution in [0.2, 0.25) is 0 Å². The van der Waals surface area contributed by atoms with Crippen molar-refractivity contribution in [3.8, 4) is 45.1 Å². The number of hydrogen-bond donors (Lipinski definition) is 0. The molecule has 2 heteroatoms. The smallest absolute Gasteiger partial charge is 0.128 e. The van der Waals surface area contributed by atoms with E-state index in [2.05, 4.69) is 114 Å². The molecule has 5 rings (SSSR count). The van der Waals surface area contributed by atoms with Gasteiger partial charge in [0, 0.05) is 16.8 Å². The van der Waals surface area contributed by atoms with Crippen LogP contribution in [0, 0.1) is 0 Å². The summed E-state index contributed by atoms with van der Waals surface area (Å²) in [7, 11) is 1.73. The van der Waals surface area contributed by atoms with Crippen LogP contribution < -0.4 is 4.74 Å². The largest absolute Gasteiger partial charge is 0.496 e. The maximum Gasteiger partial charge on any atom is 0.128 e. The molecule has 0 aliphatic rings. The average molecular weight is 402 g/mol. The number of nitrogens with zero attached hydrogens (tertiary/aromatic N) is 1. The lowest BCUT2D eigenvalue weighted by Crippen LogP contribution is -2.01. The van der Waals surface area contributed by atoms with Gasteiger partial charge in [0.25, 0.3) is 0 Å². The fraction of sp³-hybridized carbons (Fsp3) is 0.0345. The van der Waals surface area contributed by atoms with Crippen LogP contribution in [0.1, 0.15) is 0 Å². The molecule has 0 aliphatic heterocycles. The molecular weight excluding hydrogens is 378 g/mol. The maximum atomic E-state index is 5.78. The molecule has 0 unspecified atom stereocenters. The third-order valence-electron chi connectivity index (χ3n) is 5.53. The van der Waals surface area contributed by atoms with E-state index in [1.54, 1.807) is 7.11 Å². The third kappa shape index (κ3) is 3.53. The monoisotopic (exact) mass is 401 g/mol. The van der Waals surface area contributed by atoms with Gasteiger partial charge in [-0.2, -0.15) is 0 Å². The minimum absolute atomic E-state index is 0.856. The minimum atomic E-state index is 0.856. The van der Waals surface area contributed by atoms with Crippen LogP contribution in [-0.2, 0) is 0 Å². The highest BCUT2D eigenvalue weighted by molar-refractivity contribution is 5.90. The van der Waals surface area contributed by atoms with E-state index < -0.39 is 0 Å². The quantitative estimate of drug-likeness (QED) is 0.298. The molecule has 1 aromatic heterocycles. The molecule has 0 N–H and O–H groups in total. The van der Waals surface area contributed by atoms with Crippen LogP contribution in [0.25, 0.3) is 39.3 Å². The summed E-state index contributed by atoms with van der Waals surface area (Å²) in [6.07, 6.45) is 0. The number of para-hydroxylation sites is 2. The van der Waals surface area contributed by atoms with Crippen molar-refractivity contribution in [2.45, 2.75) is 0 Å². The molecule has 0 aliphatic carbocycles. The molecule has 0 amide bonds. The van der Waals surface area contributed by atoms with Crippen molar-refractivity contribution in [1.82, 2.24) is 4.57 Å². The highest BCUT2D eigenvalue weighted by Crippen LogP contribution is 2.43. The molecule has 150 valence electrons. The van der Waals surface area contributed by atoms with Gasteiger partial charge in [-0.3, -0.25) is 0 Å². The van der Waals surface area contributed by atoms with Gasteiger partial charge in [-0.1, -0.05) is 91.0 Å². The second-order valence-corrected chi connectivity index (χ2v) is 7.40. The lowest BCUT2D eigenvalue weighted by Gasteiger charge is -2.17. The molecule has 0 radical (unpaired) electrons. The lowest BCUT2D eigenvalue weighted by atomic mass is 10.00. The van der Waals surface area contributed by atoms with Gasteiger partial charge < -0.3 is 9.30 Å². The Hall–Kier alpha value is -4.04. The molecule has 0 spiro atoms. The Labute approximate surface area is 183 Å². The van der Waals surface area contributed by atoms with Gasteiger partial charge in [-0.25, -0.2) is 0 Å². The van der Waals surface area contributed by atoms with Gasteiger partial charge >= 0.3 is 0 Å². The first-order chi connectivity index (χ1) is 15.4. The molecule has 0 atom stereocenters. The molecular formula is C29H23NO. The van der Waals surface area contributed by atoms with E-state index in [9.17, 15) is 0 Å². The fourth-order valence-corrected chi connectivity index (χ4v) is 4.12. The number of rotatable bonds is 5. The Morgan fingerprint density at radius 2 is 1.10 bits per heavy atom. The Morgan fingerprint density at radius 3 is 1.74 bits per heavy atom. The number of methoxy groups -OCH3 is 1. The van der Waals surface area contributed by atoms with Gasteiger partial charge in [0.15, 0.2) is 0 Å². The molecule has 31 heavy (non-hydrogen) atoms. The van der Waals surface area contributed by atoms with E-state index in [4.69, 9.17) is 4.74 Å². The van der Waals surface area contributed by atoms with Crippen molar-refractivity contribution in [3.05, 3.63) is 121 Å². The topological polar surface area (TPSA) is 14.2 Å². The van der Waals surface area contributed by atoms with Crippen LogP contribution in [-0.4, -0.2) is 11.7 Å². The summed E-state index contributed by atoms with van der Waals surface area (Å²) in [4.78, 5) is 0.